The third-order valence-corrected chi connectivity index (χ3v) is 4.57. The second-order valence-electron chi connectivity index (χ2n) is 5.01. The van der Waals surface area contributed by atoms with Gasteiger partial charge in [0, 0.05) is 37.8 Å². The van der Waals surface area contributed by atoms with E-state index < -0.39 is 0 Å². The minimum atomic E-state index is 0.0318. The molecule has 0 radical (unpaired) electrons. The number of thiazole rings is 1. The molecule has 1 aliphatic rings. The SMILES string of the molecule is CCc1noc(C)c1C(=O)N1CCN(c2nccs2)CC1. The highest BCUT2D eigenvalue weighted by molar-refractivity contribution is 7.13. The van der Waals surface area contributed by atoms with Gasteiger partial charge in [-0.25, -0.2) is 4.98 Å². The minimum Gasteiger partial charge on any atom is -0.361 e. The average molecular weight is 306 g/mol. The van der Waals surface area contributed by atoms with Gasteiger partial charge in [0.1, 0.15) is 11.3 Å². The normalized spacial score (nSPS) is 15.5. The zero-order chi connectivity index (χ0) is 14.8. The summed E-state index contributed by atoms with van der Waals surface area (Å²) < 4.78 is 5.16. The molecule has 0 N–H and O–H groups in total. The molecule has 0 atom stereocenters. The molecular weight excluding hydrogens is 288 g/mol. The number of hydrogen-bond donors (Lipinski definition) is 0. The molecule has 0 aliphatic carbocycles. The number of amides is 1. The van der Waals surface area contributed by atoms with Crippen LogP contribution < -0.4 is 4.90 Å². The number of aromatic nitrogens is 2. The maximum Gasteiger partial charge on any atom is 0.259 e. The van der Waals surface area contributed by atoms with Crippen molar-refractivity contribution >= 4 is 22.4 Å². The molecule has 6 nitrogen and oxygen atoms in total. The van der Waals surface area contributed by atoms with Gasteiger partial charge in [-0.15, -0.1) is 11.3 Å². The molecule has 1 aliphatic heterocycles. The van der Waals surface area contributed by atoms with Crippen molar-refractivity contribution in [1.29, 1.82) is 0 Å². The number of nitrogens with zero attached hydrogens (tertiary/aromatic N) is 4. The lowest BCUT2D eigenvalue weighted by molar-refractivity contribution is 0.0744. The Balaban J connectivity index is 1.69. The van der Waals surface area contributed by atoms with E-state index in [1.54, 1.807) is 18.3 Å². The molecule has 21 heavy (non-hydrogen) atoms. The fraction of sp³-hybridized carbons (Fsp3) is 0.500. The van der Waals surface area contributed by atoms with Gasteiger partial charge in [0.25, 0.3) is 5.91 Å². The topological polar surface area (TPSA) is 62.5 Å². The summed E-state index contributed by atoms with van der Waals surface area (Å²) in [4.78, 5) is 21.1. The van der Waals surface area contributed by atoms with Gasteiger partial charge in [0.15, 0.2) is 5.13 Å². The van der Waals surface area contributed by atoms with Crippen LogP contribution in [0.15, 0.2) is 16.1 Å². The molecule has 0 bridgehead atoms. The Morgan fingerprint density at radius 2 is 2.14 bits per heavy atom. The Morgan fingerprint density at radius 1 is 1.38 bits per heavy atom. The van der Waals surface area contributed by atoms with Crippen molar-refractivity contribution in [2.75, 3.05) is 31.1 Å². The van der Waals surface area contributed by atoms with Crippen molar-refractivity contribution < 1.29 is 9.32 Å². The van der Waals surface area contributed by atoms with E-state index in [0.29, 0.717) is 30.8 Å². The van der Waals surface area contributed by atoms with Gasteiger partial charge in [-0.05, 0) is 13.3 Å². The third-order valence-electron chi connectivity index (χ3n) is 3.74. The summed E-state index contributed by atoms with van der Waals surface area (Å²) in [6.07, 6.45) is 2.52. The maximum absolute atomic E-state index is 12.6. The average Bonchev–Trinajstić information content (AvgIpc) is 3.16. The summed E-state index contributed by atoms with van der Waals surface area (Å²) in [6, 6.07) is 0. The van der Waals surface area contributed by atoms with Crippen molar-refractivity contribution in [1.82, 2.24) is 15.0 Å². The highest BCUT2D eigenvalue weighted by Crippen LogP contribution is 2.21. The van der Waals surface area contributed by atoms with E-state index in [1.165, 1.54) is 0 Å². The molecule has 0 unspecified atom stereocenters. The fourth-order valence-electron chi connectivity index (χ4n) is 2.56. The zero-order valence-corrected chi connectivity index (χ0v) is 13.0. The lowest BCUT2D eigenvalue weighted by Gasteiger charge is -2.34. The molecule has 2 aromatic heterocycles. The van der Waals surface area contributed by atoms with Crippen LogP contribution in [0, 0.1) is 6.92 Å². The van der Waals surface area contributed by atoms with E-state index in [1.807, 2.05) is 23.4 Å². The molecule has 0 spiro atoms. The molecule has 3 rings (SSSR count). The smallest absolute Gasteiger partial charge is 0.259 e. The van der Waals surface area contributed by atoms with Crippen LogP contribution in [-0.2, 0) is 6.42 Å². The van der Waals surface area contributed by atoms with Crippen LogP contribution in [0.25, 0.3) is 0 Å². The molecule has 1 saturated heterocycles. The van der Waals surface area contributed by atoms with Gasteiger partial charge in [-0.1, -0.05) is 12.1 Å². The predicted molar refractivity (Wildman–Crippen MR) is 80.8 cm³/mol. The summed E-state index contributed by atoms with van der Waals surface area (Å²) in [5, 5.41) is 6.96. The summed E-state index contributed by atoms with van der Waals surface area (Å²) in [5.41, 5.74) is 1.39. The highest BCUT2D eigenvalue weighted by atomic mass is 32.1. The van der Waals surface area contributed by atoms with E-state index in [-0.39, 0.29) is 5.91 Å². The standard InChI is InChI=1S/C14H18N4O2S/c1-3-11-12(10(2)20-16-11)13(19)17-5-7-18(8-6-17)14-15-4-9-21-14/h4,9H,3,5-8H2,1-2H3. The second-order valence-corrected chi connectivity index (χ2v) is 5.88. The Kier molecular flexibility index (Phi) is 3.92. The minimum absolute atomic E-state index is 0.0318. The zero-order valence-electron chi connectivity index (χ0n) is 12.2. The van der Waals surface area contributed by atoms with Crippen LogP contribution >= 0.6 is 11.3 Å². The first kappa shape index (κ1) is 14.1. The largest absolute Gasteiger partial charge is 0.361 e. The second kappa shape index (κ2) is 5.85. The first-order chi connectivity index (χ1) is 10.2. The Labute approximate surface area is 127 Å². The number of anilines is 1. The van der Waals surface area contributed by atoms with E-state index in [9.17, 15) is 4.79 Å². The van der Waals surface area contributed by atoms with Crippen LogP contribution in [0.2, 0.25) is 0 Å². The Hall–Kier alpha value is -1.89. The maximum atomic E-state index is 12.6. The first-order valence-corrected chi connectivity index (χ1v) is 7.97. The number of piperazine rings is 1. The highest BCUT2D eigenvalue weighted by Gasteiger charge is 2.27. The predicted octanol–water partition coefficient (Wildman–Crippen LogP) is 1.96. The summed E-state index contributed by atoms with van der Waals surface area (Å²) in [7, 11) is 0. The van der Waals surface area contributed by atoms with E-state index in [0.717, 1.165) is 23.9 Å². The van der Waals surface area contributed by atoms with E-state index in [4.69, 9.17) is 4.52 Å². The van der Waals surface area contributed by atoms with Crippen molar-refractivity contribution in [2.24, 2.45) is 0 Å². The molecule has 1 amide bonds. The van der Waals surface area contributed by atoms with Gasteiger partial charge in [-0.2, -0.15) is 0 Å². The van der Waals surface area contributed by atoms with Gasteiger partial charge in [0.05, 0.1) is 5.69 Å². The fourth-order valence-corrected chi connectivity index (χ4v) is 3.26. The quantitative estimate of drug-likeness (QED) is 0.867. The molecule has 1 fully saturated rings. The molecule has 7 heteroatoms. The molecule has 0 aromatic carbocycles. The van der Waals surface area contributed by atoms with Gasteiger partial charge in [-0.3, -0.25) is 4.79 Å². The van der Waals surface area contributed by atoms with E-state index in [2.05, 4.69) is 15.0 Å². The van der Waals surface area contributed by atoms with Gasteiger partial charge < -0.3 is 14.3 Å². The molecule has 3 heterocycles. The summed E-state index contributed by atoms with van der Waals surface area (Å²) >= 11 is 1.63. The molecule has 2 aromatic rings. The van der Waals surface area contributed by atoms with Crippen LogP contribution in [0.3, 0.4) is 0 Å². The molecule has 112 valence electrons. The summed E-state index contributed by atoms with van der Waals surface area (Å²) in [5.74, 6) is 0.642. The van der Waals surface area contributed by atoms with Crippen molar-refractivity contribution in [3.05, 3.63) is 28.6 Å². The van der Waals surface area contributed by atoms with E-state index >= 15 is 0 Å². The van der Waals surface area contributed by atoms with Crippen LogP contribution in [0.5, 0.6) is 0 Å². The molecular formula is C14H18N4O2S. The monoisotopic (exact) mass is 306 g/mol. The lowest BCUT2D eigenvalue weighted by atomic mass is 10.1. The Bertz CT molecular complexity index is 615. The number of aryl methyl sites for hydroxylation is 2. The van der Waals surface area contributed by atoms with Crippen LogP contribution in [0.1, 0.15) is 28.7 Å². The van der Waals surface area contributed by atoms with Crippen molar-refractivity contribution in [3.63, 3.8) is 0 Å². The lowest BCUT2D eigenvalue weighted by Crippen LogP contribution is -2.49. The molecule has 0 saturated carbocycles. The number of carbonyl (C=O) groups is 1. The van der Waals surface area contributed by atoms with Crippen molar-refractivity contribution in [2.45, 2.75) is 20.3 Å². The number of hydrogen-bond acceptors (Lipinski definition) is 6. The number of carbonyl (C=O) groups excluding carboxylic acids is 1. The van der Waals surface area contributed by atoms with Crippen LogP contribution in [-0.4, -0.2) is 47.1 Å². The Morgan fingerprint density at radius 3 is 2.76 bits per heavy atom. The first-order valence-electron chi connectivity index (χ1n) is 7.09. The third kappa shape index (κ3) is 2.65. The van der Waals surface area contributed by atoms with Gasteiger partial charge >= 0.3 is 0 Å². The summed E-state index contributed by atoms with van der Waals surface area (Å²) in [6.45, 7) is 6.80. The van der Waals surface area contributed by atoms with Crippen molar-refractivity contribution in [3.8, 4) is 0 Å². The number of rotatable bonds is 3. The van der Waals surface area contributed by atoms with Gasteiger partial charge in [0.2, 0.25) is 0 Å². The van der Waals surface area contributed by atoms with Crippen LogP contribution in [0.4, 0.5) is 5.13 Å².